The van der Waals surface area contributed by atoms with E-state index in [0.29, 0.717) is 12.0 Å². The first-order valence-electron chi connectivity index (χ1n) is 7.71. The minimum atomic E-state index is 0.208. The third-order valence-corrected chi connectivity index (χ3v) is 5.54. The number of aryl methyl sites for hydroxylation is 1. The SMILES string of the molecule is CNC(c1ccc(Cl)c(C)c1)C1CCOC2(CCC2)C1. The molecule has 2 fully saturated rings. The molecule has 0 amide bonds. The van der Waals surface area contributed by atoms with Gasteiger partial charge in [0.15, 0.2) is 0 Å². The van der Waals surface area contributed by atoms with Crippen LogP contribution in [0.1, 0.15) is 49.3 Å². The molecule has 3 rings (SSSR count). The number of rotatable bonds is 3. The van der Waals surface area contributed by atoms with Gasteiger partial charge in [-0.25, -0.2) is 0 Å². The van der Waals surface area contributed by atoms with Gasteiger partial charge in [-0.1, -0.05) is 23.7 Å². The van der Waals surface area contributed by atoms with E-state index in [2.05, 4.69) is 31.4 Å². The maximum Gasteiger partial charge on any atom is 0.0686 e. The molecule has 1 aromatic carbocycles. The van der Waals surface area contributed by atoms with E-state index in [4.69, 9.17) is 16.3 Å². The third kappa shape index (κ3) is 2.61. The molecule has 0 radical (unpaired) electrons. The van der Waals surface area contributed by atoms with Crippen LogP contribution in [0.25, 0.3) is 0 Å². The number of hydrogen-bond acceptors (Lipinski definition) is 2. The summed E-state index contributed by atoms with van der Waals surface area (Å²) in [5, 5.41) is 4.37. The predicted octanol–water partition coefficient (Wildman–Crippen LogP) is 4.26. The topological polar surface area (TPSA) is 21.3 Å². The van der Waals surface area contributed by atoms with Gasteiger partial charge in [0.05, 0.1) is 5.60 Å². The Hall–Kier alpha value is -0.570. The first-order chi connectivity index (χ1) is 9.63. The number of halogens is 1. The smallest absolute Gasteiger partial charge is 0.0686 e. The van der Waals surface area contributed by atoms with E-state index in [9.17, 15) is 0 Å². The Morgan fingerprint density at radius 3 is 2.80 bits per heavy atom. The van der Waals surface area contributed by atoms with Crippen molar-refractivity contribution in [3.8, 4) is 0 Å². The van der Waals surface area contributed by atoms with Crippen molar-refractivity contribution in [3.63, 3.8) is 0 Å². The Balaban J connectivity index is 1.79. The minimum Gasteiger partial charge on any atom is -0.375 e. The highest BCUT2D eigenvalue weighted by atomic mass is 35.5. The Labute approximate surface area is 126 Å². The fourth-order valence-corrected chi connectivity index (χ4v) is 3.92. The van der Waals surface area contributed by atoms with Crippen molar-refractivity contribution in [3.05, 3.63) is 34.3 Å². The summed E-state index contributed by atoms with van der Waals surface area (Å²) in [6.07, 6.45) is 6.17. The van der Waals surface area contributed by atoms with Crippen molar-refractivity contribution < 1.29 is 4.74 Å². The lowest BCUT2D eigenvalue weighted by molar-refractivity contribution is -0.147. The lowest BCUT2D eigenvalue weighted by atomic mass is 9.69. The highest BCUT2D eigenvalue weighted by molar-refractivity contribution is 6.31. The lowest BCUT2D eigenvalue weighted by Gasteiger charge is -2.48. The van der Waals surface area contributed by atoms with E-state index in [-0.39, 0.29) is 5.60 Å². The van der Waals surface area contributed by atoms with Crippen LogP contribution in [0.2, 0.25) is 5.02 Å². The van der Waals surface area contributed by atoms with E-state index in [1.165, 1.54) is 31.2 Å². The molecule has 1 heterocycles. The van der Waals surface area contributed by atoms with Gasteiger partial charge in [-0.15, -0.1) is 0 Å². The van der Waals surface area contributed by atoms with Crippen molar-refractivity contribution in [2.45, 2.75) is 50.7 Å². The molecule has 2 unspecified atom stereocenters. The molecule has 0 aromatic heterocycles. The fourth-order valence-electron chi connectivity index (χ4n) is 3.81. The van der Waals surface area contributed by atoms with Gasteiger partial charge in [0.2, 0.25) is 0 Å². The second-order valence-electron chi connectivity index (χ2n) is 6.41. The molecular formula is C17H24ClNO. The second kappa shape index (κ2) is 5.67. The van der Waals surface area contributed by atoms with Crippen molar-refractivity contribution in [1.29, 1.82) is 0 Å². The van der Waals surface area contributed by atoms with E-state index in [0.717, 1.165) is 23.6 Å². The molecule has 1 saturated carbocycles. The van der Waals surface area contributed by atoms with Crippen LogP contribution in [0.15, 0.2) is 18.2 Å². The molecule has 1 saturated heterocycles. The average molecular weight is 294 g/mol. The number of ether oxygens (including phenoxy) is 1. The van der Waals surface area contributed by atoms with E-state index in [1.54, 1.807) is 0 Å². The summed E-state index contributed by atoms with van der Waals surface area (Å²) in [4.78, 5) is 0. The molecule has 0 bridgehead atoms. The van der Waals surface area contributed by atoms with Gasteiger partial charge in [-0.05, 0) is 69.2 Å². The summed E-state index contributed by atoms with van der Waals surface area (Å²) < 4.78 is 6.06. The van der Waals surface area contributed by atoms with Crippen LogP contribution in [-0.4, -0.2) is 19.3 Å². The molecular weight excluding hydrogens is 270 g/mol. The van der Waals surface area contributed by atoms with Crippen LogP contribution < -0.4 is 5.32 Å². The molecule has 2 aliphatic rings. The Morgan fingerprint density at radius 2 is 2.20 bits per heavy atom. The van der Waals surface area contributed by atoms with Crippen LogP contribution in [0.4, 0.5) is 0 Å². The zero-order valence-electron chi connectivity index (χ0n) is 12.4. The Kier molecular flexibility index (Phi) is 4.07. The molecule has 110 valence electrons. The Bertz CT molecular complexity index is 484. The molecule has 3 heteroatoms. The highest BCUT2D eigenvalue weighted by Gasteiger charge is 2.44. The number of hydrogen-bond donors (Lipinski definition) is 1. The van der Waals surface area contributed by atoms with Gasteiger partial charge in [0.25, 0.3) is 0 Å². The molecule has 1 aliphatic heterocycles. The summed E-state index contributed by atoms with van der Waals surface area (Å²) in [6.45, 7) is 2.99. The number of benzene rings is 1. The zero-order chi connectivity index (χ0) is 14.2. The predicted molar refractivity (Wildman–Crippen MR) is 83.2 cm³/mol. The minimum absolute atomic E-state index is 0.208. The van der Waals surface area contributed by atoms with Crippen molar-refractivity contribution in [1.82, 2.24) is 5.32 Å². The Morgan fingerprint density at radius 1 is 1.40 bits per heavy atom. The van der Waals surface area contributed by atoms with Crippen LogP contribution in [-0.2, 0) is 4.74 Å². The van der Waals surface area contributed by atoms with Crippen LogP contribution in [0.3, 0.4) is 0 Å². The average Bonchev–Trinajstić information content (AvgIpc) is 2.42. The molecule has 2 nitrogen and oxygen atoms in total. The summed E-state index contributed by atoms with van der Waals surface area (Å²) in [6, 6.07) is 6.83. The van der Waals surface area contributed by atoms with Gasteiger partial charge >= 0.3 is 0 Å². The normalized spacial score (nSPS) is 26.2. The molecule has 1 N–H and O–H groups in total. The molecule has 1 spiro atoms. The lowest BCUT2D eigenvalue weighted by Crippen LogP contribution is -2.47. The standard InChI is InChI=1S/C17H24ClNO/c1-12-10-13(4-5-15(12)18)16(19-2)14-6-9-20-17(11-14)7-3-8-17/h4-5,10,14,16,19H,3,6-9,11H2,1-2H3. The van der Waals surface area contributed by atoms with Crippen molar-refractivity contribution in [2.75, 3.05) is 13.7 Å². The van der Waals surface area contributed by atoms with Crippen molar-refractivity contribution in [2.24, 2.45) is 5.92 Å². The summed E-state index contributed by atoms with van der Waals surface area (Å²) in [5.41, 5.74) is 2.73. The van der Waals surface area contributed by atoms with Gasteiger partial charge in [-0.3, -0.25) is 0 Å². The van der Waals surface area contributed by atoms with Gasteiger partial charge in [0, 0.05) is 17.7 Å². The summed E-state index contributed by atoms with van der Waals surface area (Å²) in [5.74, 6) is 0.662. The quantitative estimate of drug-likeness (QED) is 0.899. The second-order valence-corrected chi connectivity index (χ2v) is 6.82. The molecule has 1 aliphatic carbocycles. The molecule has 2 atom stereocenters. The largest absolute Gasteiger partial charge is 0.375 e. The first kappa shape index (κ1) is 14.4. The van der Waals surface area contributed by atoms with Gasteiger partial charge < -0.3 is 10.1 Å². The fraction of sp³-hybridized carbons (Fsp3) is 0.647. The maximum absolute atomic E-state index is 6.15. The monoisotopic (exact) mass is 293 g/mol. The van der Waals surface area contributed by atoms with Crippen LogP contribution in [0.5, 0.6) is 0 Å². The highest BCUT2D eigenvalue weighted by Crippen LogP contribution is 2.47. The first-order valence-corrected chi connectivity index (χ1v) is 8.09. The third-order valence-electron chi connectivity index (χ3n) is 5.12. The van der Waals surface area contributed by atoms with E-state index < -0.39 is 0 Å². The maximum atomic E-state index is 6.15. The van der Waals surface area contributed by atoms with Gasteiger partial charge in [0.1, 0.15) is 0 Å². The number of nitrogens with one attached hydrogen (secondary N) is 1. The molecule has 1 aromatic rings. The van der Waals surface area contributed by atoms with Gasteiger partial charge in [-0.2, -0.15) is 0 Å². The zero-order valence-corrected chi connectivity index (χ0v) is 13.2. The van der Waals surface area contributed by atoms with Crippen LogP contribution >= 0.6 is 11.6 Å². The van der Waals surface area contributed by atoms with Crippen molar-refractivity contribution >= 4 is 11.6 Å². The molecule has 20 heavy (non-hydrogen) atoms. The summed E-state index contributed by atoms with van der Waals surface area (Å²) in [7, 11) is 2.07. The van der Waals surface area contributed by atoms with E-state index >= 15 is 0 Å². The van der Waals surface area contributed by atoms with Crippen LogP contribution in [0, 0.1) is 12.8 Å². The summed E-state index contributed by atoms with van der Waals surface area (Å²) >= 11 is 6.15. The van der Waals surface area contributed by atoms with E-state index in [1.807, 2.05) is 6.07 Å².